The maximum Gasteiger partial charge on any atom is 0.175 e. The molecule has 1 N–H and O–H groups in total. The van der Waals surface area contributed by atoms with E-state index in [1.54, 1.807) is 0 Å². The second-order valence-corrected chi connectivity index (χ2v) is 4.70. The van der Waals surface area contributed by atoms with E-state index in [1.165, 1.54) is 32.1 Å². The van der Waals surface area contributed by atoms with Crippen molar-refractivity contribution in [3.8, 4) is 0 Å². The number of rotatable bonds is 2. The molecule has 0 bridgehead atoms. The van der Waals surface area contributed by atoms with Gasteiger partial charge in [0.05, 0.1) is 6.04 Å². The van der Waals surface area contributed by atoms with Gasteiger partial charge in [0.25, 0.3) is 0 Å². The summed E-state index contributed by atoms with van der Waals surface area (Å²) in [6, 6.07) is 0.128. The molecule has 1 aliphatic carbocycles. The van der Waals surface area contributed by atoms with Crippen molar-refractivity contribution in [2.75, 3.05) is 6.54 Å². The first-order chi connectivity index (χ1) is 7.38. The average molecular weight is 207 g/mol. The quantitative estimate of drug-likeness (QED) is 0.754. The Bertz CT molecular complexity index is 251. The van der Waals surface area contributed by atoms with Gasteiger partial charge in [-0.3, -0.25) is 4.79 Å². The van der Waals surface area contributed by atoms with Gasteiger partial charge in [-0.1, -0.05) is 18.9 Å². The normalized spacial score (nSPS) is 28.0. The van der Waals surface area contributed by atoms with Crippen LogP contribution in [0, 0.1) is 0 Å². The number of hydrogen-bond donors (Lipinski definition) is 1. The van der Waals surface area contributed by atoms with Crippen LogP contribution < -0.4 is 5.32 Å². The third-order valence-corrected chi connectivity index (χ3v) is 3.48. The van der Waals surface area contributed by atoms with Crippen LogP contribution in [0.1, 0.15) is 51.4 Å². The van der Waals surface area contributed by atoms with Crippen molar-refractivity contribution in [1.82, 2.24) is 5.32 Å². The lowest BCUT2D eigenvalue weighted by Gasteiger charge is -2.23. The summed E-state index contributed by atoms with van der Waals surface area (Å²) in [6.07, 6.45) is 11.5. The number of piperidine rings is 1. The first kappa shape index (κ1) is 10.9. The average Bonchev–Trinajstić information content (AvgIpc) is 2.58. The Morgan fingerprint density at radius 2 is 2.13 bits per heavy atom. The van der Waals surface area contributed by atoms with Crippen LogP contribution in [0.15, 0.2) is 11.6 Å². The van der Waals surface area contributed by atoms with Gasteiger partial charge in [0.15, 0.2) is 5.78 Å². The highest BCUT2D eigenvalue weighted by Crippen LogP contribution is 2.21. The number of allylic oxidation sites excluding steroid dienone is 1. The molecule has 0 saturated carbocycles. The molecule has 0 aromatic rings. The summed E-state index contributed by atoms with van der Waals surface area (Å²) in [4.78, 5) is 12.2. The molecule has 0 spiro atoms. The van der Waals surface area contributed by atoms with Crippen molar-refractivity contribution < 1.29 is 4.79 Å². The molecule has 2 nitrogen and oxygen atoms in total. The zero-order valence-corrected chi connectivity index (χ0v) is 9.43. The fourth-order valence-corrected chi connectivity index (χ4v) is 2.54. The van der Waals surface area contributed by atoms with E-state index in [2.05, 4.69) is 11.4 Å². The van der Waals surface area contributed by atoms with E-state index in [4.69, 9.17) is 0 Å². The number of carbonyl (C=O) groups excluding carboxylic acids is 1. The highest BCUT2D eigenvalue weighted by Gasteiger charge is 2.23. The van der Waals surface area contributed by atoms with Crippen molar-refractivity contribution in [1.29, 1.82) is 0 Å². The molecular formula is C13H21NO. The topological polar surface area (TPSA) is 29.1 Å². The number of Topliss-reactive ketones (excluding diaryl/α,β-unsaturated/α-hetero) is 1. The van der Waals surface area contributed by atoms with Crippen LogP contribution in [0.3, 0.4) is 0 Å². The molecule has 2 rings (SSSR count). The molecule has 1 heterocycles. The second kappa shape index (κ2) is 5.45. The zero-order chi connectivity index (χ0) is 10.5. The van der Waals surface area contributed by atoms with E-state index >= 15 is 0 Å². The van der Waals surface area contributed by atoms with Gasteiger partial charge in [-0.15, -0.1) is 0 Å². The van der Waals surface area contributed by atoms with Crippen molar-refractivity contribution in [3.63, 3.8) is 0 Å². The molecule has 2 heteroatoms. The number of nitrogens with one attached hydrogen (secondary N) is 1. The molecule has 15 heavy (non-hydrogen) atoms. The molecule has 1 aliphatic heterocycles. The molecule has 0 aromatic heterocycles. The maximum absolute atomic E-state index is 12.2. The van der Waals surface area contributed by atoms with Crippen molar-refractivity contribution >= 4 is 5.78 Å². The lowest BCUT2D eigenvalue weighted by atomic mass is 9.94. The minimum Gasteiger partial charge on any atom is -0.307 e. The lowest BCUT2D eigenvalue weighted by molar-refractivity contribution is -0.118. The SMILES string of the molecule is O=C(C1=CCCCCC1)C1CCCCN1. The van der Waals surface area contributed by atoms with Crippen LogP contribution in [0.25, 0.3) is 0 Å². The summed E-state index contributed by atoms with van der Waals surface area (Å²) in [5, 5.41) is 3.35. The Kier molecular flexibility index (Phi) is 3.95. The first-order valence-electron chi connectivity index (χ1n) is 6.34. The molecule has 1 atom stereocenters. The molecule has 0 radical (unpaired) electrons. The number of hydrogen-bond acceptors (Lipinski definition) is 2. The fourth-order valence-electron chi connectivity index (χ4n) is 2.54. The minimum absolute atomic E-state index is 0.128. The predicted molar refractivity (Wildman–Crippen MR) is 61.8 cm³/mol. The summed E-state index contributed by atoms with van der Waals surface area (Å²) in [5.74, 6) is 0.386. The Morgan fingerprint density at radius 1 is 1.20 bits per heavy atom. The highest BCUT2D eigenvalue weighted by atomic mass is 16.1. The van der Waals surface area contributed by atoms with Gasteiger partial charge in [-0.25, -0.2) is 0 Å². The van der Waals surface area contributed by atoms with Crippen LogP contribution in [-0.4, -0.2) is 18.4 Å². The maximum atomic E-state index is 12.2. The first-order valence-corrected chi connectivity index (χ1v) is 6.34. The van der Waals surface area contributed by atoms with Crippen molar-refractivity contribution in [2.45, 2.75) is 57.4 Å². The number of ketones is 1. The third kappa shape index (κ3) is 2.91. The molecule has 1 unspecified atom stereocenters. The third-order valence-electron chi connectivity index (χ3n) is 3.48. The molecule has 2 aliphatic rings. The van der Waals surface area contributed by atoms with Crippen LogP contribution in [0.4, 0.5) is 0 Å². The number of carbonyl (C=O) groups is 1. The Hall–Kier alpha value is -0.630. The van der Waals surface area contributed by atoms with Gasteiger partial charge in [0, 0.05) is 0 Å². The Morgan fingerprint density at radius 3 is 2.93 bits per heavy atom. The summed E-state index contributed by atoms with van der Waals surface area (Å²) in [6.45, 7) is 1.02. The second-order valence-electron chi connectivity index (χ2n) is 4.70. The summed E-state index contributed by atoms with van der Waals surface area (Å²) < 4.78 is 0. The van der Waals surface area contributed by atoms with Crippen molar-refractivity contribution in [3.05, 3.63) is 11.6 Å². The Balaban J connectivity index is 1.95. The van der Waals surface area contributed by atoms with E-state index in [9.17, 15) is 4.79 Å². The van der Waals surface area contributed by atoms with Gasteiger partial charge in [0.1, 0.15) is 0 Å². The molecule has 1 fully saturated rings. The molecule has 0 aromatic carbocycles. The van der Waals surface area contributed by atoms with Crippen LogP contribution >= 0.6 is 0 Å². The summed E-state index contributed by atoms with van der Waals surface area (Å²) in [5.41, 5.74) is 1.10. The predicted octanol–water partition coefficient (Wildman–Crippen LogP) is 2.59. The van der Waals surface area contributed by atoms with E-state index in [1.807, 2.05) is 0 Å². The fraction of sp³-hybridized carbons (Fsp3) is 0.769. The smallest absolute Gasteiger partial charge is 0.175 e. The lowest BCUT2D eigenvalue weighted by Crippen LogP contribution is -2.41. The summed E-state index contributed by atoms with van der Waals surface area (Å²) >= 11 is 0. The van der Waals surface area contributed by atoms with Gasteiger partial charge in [0.2, 0.25) is 0 Å². The molecular weight excluding hydrogens is 186 g/mol. The molecule has 84 valence electrons. The van der Waals surface area contributed by atoms with Gasteiger partial charge < -0.3 is 5.32 Å². The van der Waals surface area contributed by atoms with Gasteiger partial charge >= 0.3 is 0 Å². The standard InChI is InChI=1S/C13H21NO/c15-13(12-9-5-6-10-14-12)11-7-3-1-2-4-8-11/h7,12,14H,1-6,8-10H2. The van der Waals surface area contributed by atoms with E-state index in [0.29, 0.717) is 5.78 Å². The van der Waals surface area contributed by atoms with Crippen LogP contribution in [-0.2, 0) is 4.79 Å². The molecule has 1 saturated heterocycles. The van der Waals surface area contributed by atoms with Gasteiger partial charge in [-0.2, -0.15) is 0 Å². The van der Waals surface area contributed by atoms with E-state index in [-0.39, 0.29) is 6.04 Å². The van der Waals surface area contributed by atoms with Crippen LogP contribution in [0.2, 0.25) is 0 Å². The molecule has 0 amide bonds. The Labute approximate surface area is 92.1 Å². The van der Waals surface area contributed by atoms with Crippen molar-refractivity contribution in [2.24, 2.45) is 0 Å². The largest absolute Gasteiger partial charge is 0.307 e. The van der Waals surface area contributed by atoms with E-state index < -0.39 is 0 Å². The van der Waals surface area contributed by atoms with Gasteiger partial charge in [-0.05, 0) is 50.6 Å². The van der Waals surface area contributed by atoms with E-state index in [0.717, 1.165) is 31.4 Å². The highest BCUT2D eigenvalue weighted by molar-refractivity contribution is 5.99. The summed E-state index contributed by atoms with van der Waals surface area (Å²) in [7, 11) is 0. The van der Waals surface area contributed by atoms with Crippen LogP contribution in [0.5, 0.6) is 0 Å². The monoisotopic (exact) mass is 207 g/mol. The zero-order valence-electron chi connectivity index (χ0n) is 9.43. The minimum atomic E-state index is 0.128.